The lowest BCUT2D eigenvalue weighted by Crippen LogP contribution is -2.47. The highest BCUT2D eigenvalue weighted by atomic mass is 19.3. The minimum absolute atomic E-state index is 0.516. The maximum Gasteiger partial charge on any atom is 0.269 e. The molecule has 27 heavy (non-hydrogen) atoms. The van der Waals surface area contributed by atoms with E-state index in [4.69, 9.17) is 0 Å². The van der Waals surface area contributed by atoms with E-state index >= 15 is 0 Å². The van der Waals surface area contributed by atoms with Crippen molar-refractivity contribution >= 4 is 17.2 Å². The van der Waals surface area contributed by atoms with Gasteiger partial charge in [-0.3, -0.25) is 4.79 Å². The summed E-state index contributed by atoms with van der Waals surface area (Å²) in [4.78, 5) is 20.7. The predicted molar refractivity (Wildman–Crippen MR) is 96.7 cm³/mol. The van der Waals surface area contributed by atoms with E-state index in [-0.39, 0.29) is 0 Å². The van der Waals surface area contributed by atoms with E-state index in [9.17, 15) is 13.6 Å². The Labute approximate surface area is 153 Å². The number of nitrogens with zero attached hydrogens (tertiary/aromatic N) is 7. The van der Waals surface area contributed by atoms with Gasteiger partial charge >= 0.3 is 0 Å². The monoisotopic (exact) mass is 375 g/mol. The van der Waals surface area contributed by atoms with E-state index in [0.29, 0.717) is 18.8 Å². The molecule has 8 nitrogen and oxygen atoms in total. The SMILES string of the molecule is Cc1cc(N2CCN(c3cnn(CC(F)F)c(=O)c3)CC2)n2nccc2n1. The van der Waals surface area contributed by atoms with Crippen molar-refractivity contribution in [2.75, 3.05) is 36.0 Å². The largest absolute Gasteiger partial charge is 0.367 e. The molecule has 142 valence electrons. The minimum atomic E-state index is -2.60. The van der Waals surface area contributed by atoms with Crippen LogP contribution in [0.4, 0.5) is 20.3 Å². The fourth-order valence-corrected chi connectivity index (χ4v) is 3.30. The van der Waals surface area contributed by atoms with Gasteiger partial charge < -0.3 is 9.80 Å². The first kappa shape index (κ1) is 17.4. The van der Waals surface area contributed by atoms with Crippen LogP contribution in [0.1, 0.15) is 5.69 Å². The molecule has 1 aliphatic heterocycles. The van der Waals surface area contributed by atoms with Crippen LogP contribution in [0.3, 0.4) is 0 Å². The molecular formula is C17H19F2N7O. The van der Waals surface area contributed by atoms with Crippen molar-refractivity contribution in [1.29, 1.82) is 0 Å². The number of rotatable bonds is 4. The lowest BCUT2D eigenvalue weighted by atomic mass is 10.2. The Balaban J connectivity index is 1.50. The van der Waals surface area contributed by atoms with E-state index < -0.39 is 18.5 Å². The summed E-state index contributed by atoms with van der Waals surface area (Å²) >= 11 is 0. The third kappa shape index (κ3) is 3.46. The molecule has 0 spiro atoms. The van der Waals surface area contributed by atoms with Crippen LogP contribution in [0.25, 0.3) is 5.65 Å². The van der Waals surface area contributed by atoms with Gasteiger partial charge in [0.1, 0.15) is 12.4 Å². The first-order chi connectivity index (χ1) is 13.0. The van der Waals surface area contributed by atoms with Crippen LogP contribution < -0.4 is 15.4 Å². The number of fused-ring (bicyclic) bond motifs is 1. The van der Waals surface area contributed by atoms with Crippen molar-refractivity contribution in [2.45, 2.75) is 19.9 Å². The molecule has 0 saturated carbocycles. The molecule has 0 N–H and O–H groups in total. The number of aromatic nitrogens is 5. The Hall–Kier alpha value is -3.04. The zero-order valence-electron chi connectivity index (χ0n) is 14.8. The summed E-state index contributed by atoms with van der Waals surface area (Å²) in [5.41, 5.74) is 1.87. The van der Waals surface area contributed by atoms with Gasteiger partial charge in [0, 0.05) is 50.1 Å². The second kappa shape index (κ2) is 6.93. The van der Waals surface area contributed by atoms with Crippen molar-refractivity contribution in [3.05, 3.63) is 46.6 Å². The van der Waals surface area contributed by atoms with Crippen molar-refractivity contribution in [2.24, 2.45) is 0 Å². The van der Waals surface area contributed by atoms with Gasteiger partial charge in [0.2, 0.25) is 0 Å². The Morgan fingerprint density at radius 2 is 1.85 bits per heavy atom. The van der Waals surface area contributed by atoms with Crippen LogP contribution in [-0.2, 0) is 6.54 Å². The third-order valence-corrected chi connectivity index (χ3v) is 4.60. The fraction of sp³-hybridized carbons (Fsp3) is 0.412. The molecule has 0 radical (unpaired) electrons. The molecule has 1 aliphatic rings. The first-order valence-electron chi connectivity index (χ1n) is 8.68. The summed E-state index contributed by atoms with van der Waals surface area (Å²) in [6, 6.07) is 5.24. The van der Waals surface area contributed by atoms with E-state index in [1.54, 1.807) is 6.20 Å². The van der Waals surface area contributed by atoms with Crippen LogP contribution in [0.5, 0.6) is 0 Å². The van der Waals surface area contributed by atoms with E-state index in [2.05, 4.69) is 20.1 Å². The number of hydrogen-bond acceptors (Lipinski definition) is 6. The van der Waals surface area contributed by atoms with E-state index in [1.807, 2.05) is 28.5 Å². The normalized spacial score (nSPS) is 15.1. The van der Waals surface area contributed by atoms with Crippen LogP contribution in [0, 0.1) is 6.92 Å². The van der Waals surface area contributed by atoms with Gasteiger partial charge in [-0.2, -0.15) is 14.7 Å². The second-order valence-electron chi connectivity index (χ2n) is 6.46. The van der Waals surface area contributed by atoms with Crippen molar-refractivity contribution in [3.63, 3.8) is 0 Å². The minimum Gasteiger partial charge on any atom is -0.367 e. The number of alkyl halides is 2. The second-order valence-corrected chi connectivity index (χ2v) is 6.46. The number of hydrogen-bond donors (Lipinski definition) is 0. The van der Waals surface area contributed by atoms with Crippen LogP contribution in [0.2, 0.25) is 0 Å². The molecule has 3 aromatic rings. The summed E-state index contributed by atoms with van der Waals surface area (Å²) in [7, 11) is 0. The molecule has 4 rings (SSSR count). The van der Waals surface area contributed by atoms with Gasteiger partial charge in [0.25, 0.3) is 12.0 Å². The molecule has 0 aliphatic carbocycles. The number of aryl methyl sites for hydroxylation is 1. The van der Waals surface area contributed by atoms with Gasteiger partial charge in [0.15, 0.2) is 5.65 Å². The van der Waals surface area contributed by atoms with Gasteiger partial charge in [0.05, 0.1) is 18.1 Å². The highest BCUT2D eigenvalue weighted by Gasteiger charge is 2.21. The molecule has 0 unspecified atom stereocenters. The third-order valence-electron chi connectivity index (χ3n) is 4.60. The highest BCUT2D eigenvalue weighted by Crippen LogP contribution is 2.20. The lowest BCUT2D eigenvalue weighted by molar-refractivity contribution is 0.119. The first-order valence-corrected chi connectivity index (χ1v) is 8.68. The predicted octanol–water partition coefficient (Wildman–Crippen LogP) is 1.19. The molecule has 0 bridgehead atoms. The molecule has 3 aromatic heterocycles. The maximum atomic E-state index is 12.4. The van der Waals surface area contributed by atoms with Crippen molar-refractivity contribution in [1.82, 2.24) is 24.4 Å². The van der Waals surface area contributed by atoms with Crippen LogP contribution in [0.15, 0.2) is 35.4 Å². The van der Waals surface area contributed by atoms with E-state index in [0.717, 1.165) is 34.9 Å². The lowest BCUT2D eigenvalue weighted by Gasteiger charge is -2.37. The average molecular weight is 375 g/mol. The molecule has 0 atom stereocenters. The number of piperazine rings is 1. The Morgan fingerprint density at radius 1 is 1.11 bits per heavy atom. The van der Waals surface area contributed by atoms with Gasteiger partial charge in [-0.05, 0) is 6.92 Å². The molecule has 10 heteroatoms. The maximum absolute atomic E-state index is 12.4. The molecule has 1 fully saturated rings. The molecule has 0 amide bonds. The Morgan fingerprint density at radius 3 is 2.56 bits per heavy atom. The Bertz CT molecular complexity index is 1010. The Kier molecular flexibility index (Phi) is 4.46. The summed E-state index contributed by atoms with van der Waals surface area (Å²) in [5.74, 6) is 0.979. The summed E-state index contributed by atoms with van der Waals surface area (Å²) in [6.07, 6.45) is 0.594. The molecular weight excluding hydrogens is 356 g/mol. The van der Waals surface area contributed by atoms with Crippen LogP contribution >= 0.6 is 0 Å². The van der Waals surface area contributed by atoms with Crippen LogP contribution in [-0.4, -0.2) is 57.0 Å². The van der Waals surface area contributed by atoms with Crippen molar-refractivity contribution in [3.8, 4) is 0 Å². The standard InChI is InChI=1S/C17H19F2N7O/c1-12-8-16(26-15(22-12)2-3-20-26)24-6-4-23(5-7-24)13-9-17(27)25(21-10-13)11-14(18)19/h2-3,8-10,14H,4-7,11H2,1H3. The quantitative estimate of drug-likeness (QED) is 0.682. The summed E-state index contributed by atoms with van der Waals surface area (Å²) < 4.78 is 27.5. The summed E-state index contributed by atoms with van der Waals surface area (Å²) in [6.45, 7) is 4.10. The average Bonchev–Trinajstić information content (AvgIpc) is 3.11. The number of anilines is 2. The summed E-state index contributed by atoms with van der Waals surface area (Å²) in [5, 5.41) is 8.20. The van der Waals surface area contributed by atoms with Gasteiger partial charge in [-0.25, -0.2) is 18.4 Å². The van der Waals surface area contributed by atoms with Crippen molar-refractivity contribution < 1.29 is 8.78 Å². The smallest absolute Gasteiger partial charge is 0.269 e. The van der Waals surface area contributed by atoms with Gasteiger partial charge in [-0.15, -0.1) is 0 Å². The van der Waals surface area contributed by atoms with Gasteiger partial charge in [-0.1, -0.05) is 0 Å². The van der Waals surface area contributed by atoms with E-state index in [1.165, 1.54) is 12.3 Å². The molecule has 4 heterocycles. The fourth-order valence-electron chi connectivity index (χ4n) is 3.30. The topological polar surface area (TPSA) is 71.6 Å². The zero-order chi connectivity index (χ0) is 19.0. The molecule has 0 aromatic carbocycles. The zero-order valence-corrected chi connectivity index (χ0v) is 14.8. The number of halogens is 2. The highest BCUT2D eigenvalue weighted by molar-refractivity contribution is 5.52. The molecule has 1 saturated heterocycles.